The molecule has 5 heteroatoms. The van der Waals surface area contributed by atoms with Gasteiger partial charge in [-0.1, -0.05) is 0 Å². The van der Waals surface area contributed by atoms with Crippen molar-refractivity contribution in [3.05, 3.63) is 41.1 Å². The highest BCUT2D eigenvalue weighted by atomic mass is 16.5. The van der Waals surface area contributed by atoms with Gasteiger partial charge in [0, 0.05) is 25.4 Å². The van der Waals surface area contributed by atoms with Gasteiger partial charge in [0.2, 0.25) is 0 Å². The first kappa shape index (κ1) is 15.0. The van der Waals surface area contributed by atoms with E-state index in [9.17, 15) is 0 Å². The molecule has 0 bridgehead atoms. The highest BCUT2D eigenvalue weighted by Crippen LogP contribution is 2.30. The van der Waals surface area contributed by atoms with E-state index in [4.69, 9.17) is 9.15 Å². The van der Waals surface area contributed by atoms with Gasteiger partial charge in [-0.3, -0.25) is 9.58 Å². The van der Waals surface area contributed by atoms with E-state index in [1.165, 1.54) is 18.5 Å². The fourth-order valence-corrected chi connectivity index (χ4v) is 3.68. The predicted molar refractivity (Wildman–Crippen MR) is 87.3 cm³/mol. The average molecular weight is 315 g/mol. The summed E-state index contributed by atoms with van der Waals surface area (Å²) in [6.07, 6.45) is 3.65. The average Bonchev–Trinajstić information content (AvgIpc) is 3.10. The van der Waals surface area contributed by atoms with E-state index < -0.39 is 0 Å². The molecule has 23 heavy (non-hydrogen) atoms. The molecule has 0 saturated carbocycles. The minimum Gasteiger partial charge on any atom is -0.462 e. The summed E-state index contributed by atoms with van der Waals surface area (Å²) in [5.74, 6) is 2.04. The van der Waals surface area contributed by atoms with Crippen LogP contribution >= 0.6 is 0 Å². The number of rotatable bonds is 4. The molecule has 0 aliphatic carbocycles. The number of ether oxygens (including phenoxy) is 1. The first-order valence-corrected chi connectivity index (χ1v) is 8.64. The lowest BCUT2D eigenvalue weighted by atomic mass is 10.1. The Hall–Kier alpha value is -1.59. The summed E-state index contributed by atoms with van der Waals surface area (Å²) in [5, 5.41) is 4.59. The van der Waals surface area contributed by atoms with E-state index in [-0.39, 0.29) is 6.10 Å². The monoisotopic (exact) mass is 315 g/mol. The smallest absolute Gasteiger partial charge is 0.133 e. The van der Waals surface area contributed by atoms with Crippen LogP contribution in [0, 0.1) is 13.8 Å². The molecule has 1 atom stereocenters. The van der Waals surface area contributed by atoms with E-state index in [1.54, 1.807) is 0 Å². The molecule has 124 valence electrons. The molecular formula is C18H25N3O2. The second-order valence-electron chi connectivity index (χ2n) is 6.88. The lowest BCUT2D eigenvalue weighted by molar-refractivity contribution is 0.0000922. The van der Waals surface area contributed by atoms with Gasteiger partial charge in [-0.05, 0) is 51.3 Å². The van der Waals surface area contributed by atoms with Crippen molar-refractivity contribution in [2.45, 2.75) is 51.8 Å². The van der Waals surface area contributed by atoms with Crippen molar-refractivity contribution in [1.29, 1.82) is 0 Å². The van der Waals surface area contributed by atoms with Crippen molar-refractivity contribution >= 4 is 0 Å². The maximum Gasteiger partial charge on any atom is 0.133 e. The summed E-state index contributed by atoms with van der Waals surface area (Å²) in [7, 11) is 0. The molecule has 2 aliphatic heterocycles. The van der Waals surface area contributed by atoms with Crippen molar-refractivity contribution in [2.75, 3.05) is 19.7 Å². The van der Waals surface area contributed by atoms with Gasteiger partial charge in [0.1, 0.15) is 17.6 Å². The quantitative estimate of drug-likeness (QED) is 0.867. The second kappa shape index (κ2) is 6.13. The van der Waals surface area contributed by atoms with Gasteiger partial charge >= 0.3 is 0 Å². The number of furan rings is 1. The summed E-state index contributed by atoms with van der Waals surface area (Å²) >= 11 is 0. The summed E-state index contributed by atoms with van der Waals surface area (Å²) in [5.41, 5.74) is 2.35. The number of likely N-dealkylation sites (tertiary alicyclic amines) is 1. The Bertz CT molecular complexity index is 664. The molecule has 0 N–H and O–H groups in total. The minimum atomic E-state index is 0.163. The van der Waals surface area contributed by atoms with Crippen LogP contribution in [0.15, 0.2) is 22.6 Å². The second-order valence-corrected chi connectivity index (χ2v) is 6.88. The van der Waals surface area contributed by atoms with Gasteiger partial charge < -0.3 is 9.15 Å². The minimum absolute atomic E-state index is 0.163. The largest absolute Gasteiger partial charge is 0.462 e. The Kier molecular flexibility index (Phi) is 3.99. The highest BCUT2D eigenvalue weighted by Gasteiger charge is 2.30. The zero-order chi connectivity index (χ0) is 15.8. The number of nitrogens with zero attached hydrogens (tertiary/aromatic N) is 3. The van der Waals surface area contributed by atoms with Crippen LogP contribution in [0.3, 0.4) is 0 Å². The molecule has 0 unspecified atom stereocenters. The van der Waals surface area contributed by atoms with Gasteiger partial charge in [-0.2, -0.15) is 5.10 Å². The van der Waals surface area contributed by atoms with Crippen LogP contribution < -0.4 is 0 Å². The Morgan fingerprint density at radius 1 is 1.22 bits per heavy atom. The van der Waals surface area contributed by atoms with Crippen LogP contribution in [-0.4, -0.2) is 34.4 Å². The molecule has 0 amide bonds. The third-order valence-corrected chi connectivity index (χ3v) is 4.89. The molecule has 0 aromatic carbocycles. The predicted octanol–water partition coefficient (Wildman–Crippen LogP) is 3.39. The normalized spacial score (nSPS) is 23.1. The van der Waals surface area contributed by atoms with Crippen molar-refractivity contribution in [3.8, 4) is 0 Å². The third kappa shape index (κ3) is 3.08. The zero-order valence-corrected chi connectivity index (χ0v) is 14.0. The van der Waals surface area contributed by atoms with Gasteiger partial charge in [-0.15, -0.1) is 0 Å². The van der Waals surface area contributed by atoms with E-state index in [0.717, 1.165) is 49.9 Å². The van der Waals surface area contributed by atoms with Gasteiger partial charge in [0.15, 0.2) is 0 Å². The fourth-order valence-electron chi connectivity index (χ4n) is 3.68. The molecule has 2 aromatic rings. The lowest BCUT2D eigenvalue weighted by Gasteiger charge is -2.39. The van der Waals surface area contributed by atoms with E-state index in [0.29, 0.717) is 6.04 Å². The number of aromatic nitrogens is 2. The van der Waals surface area contributed by atoms with Crippen LogP contribution in [0.2, 0.25) is 0 Å². The third-order valence-electron chi connectivity index (χ3n) is 4.89. The van der Waals surface area contributed by atoms with Gasteiger partial charge in [0.25, 0.3) is 0 Å². The summed E-state index contributed by atoms with van der Waals surface area (Å²) in [6.45, 7) is 8.00. The number of hydrogen-bond donors (Lipinski definition) is 0. The SMILES string of the molecule is Cc1cc(C)n(C2CN(Cc3ccc([C@H]4CCCCO4)o3)C2)n1. The Labute approximate surface area is 137 Å². The highest BCUT2D eigenvalue weighted by molar-refractivity contribution is 5.12. The maximum absolute atomic E-state index is 6.01. The van der Waals surface area contributed by atoms with Crippen LogP contribution in [0.25, 0.3) is 0 Å². The van der Waals surface area contributed by atoms with Gasteiger partial charge in [0.05, 0.1) is 18.3 Å². The van der Waals surface area contributed by atoms with Crippen molar-refractivity contribution in [3.63, 3.8) is 0 Å². The Morgan fingerprint density at radius 3 is 2.78 bits per heavy atom. The molecule has 0 radical (unpaired) electrons. The molecule has 2 aliphatic rings. The lowest BCUT2D eigenvalue weighted by Crippen LogP contribution is -2.47. The van der Waals surface area contributed by atoms with E-state index in [1.807, 2.05) is 0 Å². The van der Waals surface area contributed by atoms with Crippen LogP contribution in [-0.2, 0) is 11.3 Å². The number of hydrogen-bond acceptors (Lipinski definition) is 4. The fraction of sp³-hybridized carbons (Fsp3) is 0.611. The Morgan fingerprint density at radius 2 is 2.09 bits per heavy atom. The van der Waals surface area contributed by atoms with E-state index in [2.05, 4.69) is 46.7 Å². The maximum atomic E-state index is 6.01. The molecule has 4 heterocycles. The van der Waals surface area contributed by atoms with Crippen LogP contribution in [0.4, 0.5) is 0 Å². The van der Waals surface area contributed by atoms with Gasteiger partial charge in [-0.25, -0.2) is 0 Å². The van der Waals surface area contributed by atoms with E-state index >= 15 is 0 Å². The molecular weight excluding hydrogens is 290 g/mol. The summed E-state index contributed by atoms with van der Waals surface area (Å²) < 4.78 is 14.0. The molecule has 0 spiro atoms. The summed E-state index contributed by atoms with van der Waals surface area (Å²) in [6, 6.07) is 6.83. The Balaban J connectivity index is 1.32. The molecule has 2 aromatic heterocycles. The first-order valence-electron chi connectivity index (χ1n) is 8.64. The molecule has 5 nitrogen and oxygen atoms in total. The molecule has 2 fully saturated rings. The standard InChI is InChI=1S/C18H25N3O2/c1-13-9-14(2)21(19-13)15-10-20(11-15)12-16-6-7-18(23-16)17-5-3-4-8-22-17/h6-7,9,15,17H,3-5,8,10-12H2,1-2H3/t17-/m1/s1. The molecule has 2 saturated heterocycles. The van der Waals surface area contributed by atoms with Crippen LogP contribution in [0.5, 0.6) is 0 Å². The zero-order valence-electron chi connectivity index (χ0n) is 14.0. The van der Waals surface area contributed by atoms with Crippen LogP contribution in [0.1, 0.15) is 54.3 Å². The first-order chi connectivity index (χ1) is 11.2. The van der Waals surface area contributed by atoms with Crippen molar-refractivity contribution in [2.24, 2.45) is 0 Å². The van der Waals surface area contributed by atoms with Crippen molar-refractivity contribution in [1.82, 2.24) is 14.7 Å². The number of aryl methyl sites for hydroxylation is 2. The topological polar surface area (TPSA) is 43.4 Å². The summed E-state index contributed by atoms with van der Waals surface area (Å²) in [4.78, 5) is 2.41. The molecule has 4 rings (SSSR count). The van der Waals surface area contributed by atoms with Crippen molar-refractivity contribution < 1.29 is 9.15 Å².